The lowest BCUT2D eigenvalue weighted by Gasteiger charge is -2.34. The van der Waals surface area contributed by atoms with Crippen molar-refractivity contribution in [1.82, 2.24) is 9.88 Å². The molecule has 28 heavy (non-hydrogen) atoms. The van der Waals surface area contributed by atoms with Crippen molar-refractivity contribution in [2.45, 2.75) is 59.4 Å². The number of piperidine rings is 1. The van der Waals surface area contributed by atoms with Gasteiger partial charge in [0.25, 0.3) is 5.91 Å². The van der Waals surface area contributed by atoms with Crippen molar-refractivity contribution < 1.29 is 9.59 Å². The number of Topliss-reactive ketones (excluding diaryl/α,β-unsaturated/α-hetero) is 1. The van der Waals surface area contributed by atoms with E-state index in [1.807, 2.05) is 18.7 Å². The predicted molar refractivity (Wildman–Crippen MR) is 113 cm³/mol. The molecule has 1 aromatic heterocycles. The Kier molecular flexibility index (Phi) is 5.92. The van der Waals surface area contributed by atoms with Crippen LogP contribution in [0.5, 0.6) is 0 Å². The van der Waals surface area contributed by atoms with Crippen molar-refractivity contribution in [2.75, 3.05) is 18.4 Å². The highest BCUT2D eigenvalue weighted by atomic mass is 16.2. The summed E-state index contributed by atoms with van der Waals surface area (Å²) in [7, 11) is 0. The maximum absolute atomic E-state index is 13.2. The van der Waals surface area contributed by atoms with Crippen molar-refractivity contribution in [3.05, 3.63) is 52.3 Å². The van der Waals surface area contributed by atoms with Crippen molar-refractivity contribution in [2.24, 2.45) is 0 Å². The summed E-state index contributed by atoms with van der Waals surface area (Å²) in [5.74, 6) is 0.493. The van der Waals surface area contributed by atoms with Crippen LogP contribution in [0.3, 0.4) is 0 Å². The van der Waals surface area contributed by atoms with Crippen LogP contribution in [0, 0.1) is 13.8 Å². The van der Waals surface area contributed by atoms with E-state index in [0.29, 0.717) is 23.7 Å². The molecule has 1 aliphatic heterocycles. The van der Waals surface area contributed by atoms with Gasteiger partial charge in [0.05, 0.1) is 11.3 Å². The molecule has 2 N–H and O–H groups in total. The molecule has 1 unspecified atom stereocenters. The van der Waals surface area contributed by atoms with Gasteiger partial charge in [-0.2, -0.15) is 0 Å². The quantitative estimate of drug-likeness (QED) is 0.740. The van der Waals surface area contributed by atoms with Crippen LogP contribution < -0.4 is 5.32 Å². The van der Waals surface area contributed by atoms with Gasteiger partial charge in [0, 0.05) is 37.4 Å². The smallest absolute Gasteiger partial charge is 0.256 e. The molecule has 5 heteroatoms. The highest BCUT2D eigenvalue weighted by Gasteiger charge is 2.28. The number of aryl methyl sites for hydroxylation is 1. The standard InChI is InChI=1S/C23H31N3O2/c1-14(2)18-8-10-19(11-9-18)25-20-7-6-12-26(13-20)23(28)21-15(3)22(17(5)27)24-16(21)4/h8-11,14,20,24-25H,6-7,12-13H2,1-5H3. The molecule has 1 amide bonds. The summed E-state index contributed by atoms with van der Waals surface area (Å²) in [5.41, 5.74) is 5.13. The lowest BCUT2D eigenvalue weighted by molar-refractivity contribution is 0.0713. The molecule has 5 nitrogen and oxygen atoms in total. The summed E-state index contributed by atoms with van der Waals surface area (Å²) in [5, 5.41) is 3.58. The topological polar surface area (TPSA) is 65.2 Å². The number of ketones is 1. The van der Waals surface area contributed by atoms with Crippen LogP contribution in [0.1, 0.15) is 77.2 Å². The fraction of sp³-hybridized carbons (Fsp3) is 0.478. The summed E-state index contributed by atoms with van der Waals surface area (Å²) in [6.07, 6.45) is 2.01. The second-order valence-corrected chi connectivity index (χ2v) is 8.19. The van der Waals surface area contributed by atoms with Crippen LogP contribution in [0.2, 0.25) is 0 Å². The van der Waals surface area contributed by atoms with E-state index in [0.717, 1.165) is 36.3 Å². The van der Waals surface area contributed by atoms with Crippen LogP contribution in [0.15, 0.2) is 24.3 Å². The second kappa shape index (κ2) is 8.21. The highest BCUT2D eigenvalue weighted by molar-refractivity contribution is 6.02. The number of carbonyl (C=O) groups excluding carboxylic acids is 2. The zero-order valence-corrected chi connectivity index (χ0v) is 17.6. The van der Waals surface area contributed by atoms with E-state index in [-0.39, 0.29) is 17.7 Å². The lowest BCUT2D eigenvalue weighted by atomic mass is 10.0. The average molecular weight is 382 g/mol. The molecule has 1 aliphatic rings. The number of amides is 1. The fourth-order valence-corrected chi connectivity index (χ4v) is 4.06. The molecule has 0 bridgehead atoms. The number of rotatable bonds is 5. The molecular formula is C23H31N3O2. The van der Waals surface area contributed by atoms with Crippen molar-refractivity contribution in [1.29, 1.82) is 0 Å². The highest BCUT2D eigenvalue weighted by Crippen LogP contribution is 2.24. The number of hydrogen-bond acceptors (Lipinski definition) is 3. The third-order valence-corrected chi connectivity index (χ3v) is 5.66. The summed E-state index contributed by atoms with van der Waals surface area (Å²) in [4.78, 5) is 29.9. The maximum Gasteiger partial charge on any atom is 0.256 e. The van der Waals surface area contributed by atoms with Gasteiger partial charge in [-0.05, 0) is 55.9 Å². The number of carbonyl (C=O) groups is 2. The van der Waals surface area contributed by atoms with Crippen molar-refractivity contribution in [3.63, 3.8) is 0 Å². The molecule has 150 valence electrons. The molecule has 0 aliphatic carbocycles. The molecule has 0 saturated carbocycles. The van der Waals surface area contributed by atoms with Gasteiger partial charge in [-0.1, -0.05) is 26.0 Å². The molecular weight excluding hydrogens is 350 g/mol. The van der Waals surface area contributed by atoms with E-state index < -0.39 is 0 Å². The lowest BCUT2D eigenvalue weighted by Crippen LogP contribution is -2.45. The largest absolute Gasteiger partial charge is 0.381 e. The Labute approximate surface area is 167 Å². The van der Waals surface area contributed by atoms with E-state index in [2.05, 4.69) is 48.4 Å². The van der Waals surface area contributed by atoms with Gasteiger partial charge in [-0.15, -0.1) is 0 Å². The Balaban J connectivity index is 1.71. The van der Waals surface area contributed by atoms with Crippen LogP contribution in [0.25, 0.3) is 0 Å². The van der Waals surface area contributed by atoms with Crippen LogP contribution in [-0.2, 0) is 0 Å². The Morgan fingerprint density at radius 3 is 2.43 bits per heavy atom. The third-order valence-electron chi connectivity index (χ3n) is 5.66. The number of anilines is 1. The van der Waals surface area contributed by atoms with Gasteiger partial charge in [0.1, 0.15) is 0 Å². The second-order valence-electron chi connectivity index (χ2n) is 8.19. The monoisotopic (exact) mass is 381 g/mol. The number of H-pyrrole nitrogens is 1. The number of nitrogens with one attached hydrogen (secondary N) is 2. The molecule has 1 aromatic carbocycles. The minimum Gasteiger partial charge on any atom is -0.381 e. The first-order valence-corrected chi connectivity index (χ1v) is 10.1. The maximum atomic E-state index is 13.2. The summed E-state index contributed by atoms with van der Waals surface area (Å²) >= 11 is 0. The first kappa shape index (κ1) is 20.2. The summed E-state index contributed by atoms with van der Waals surface area (Å²) in [6, 6.07) is 8.79. The predicted octanol–water partition coefficient (Wildman–Crippen LogP) is 4.67. The normalized spacial score (nSPS) is 17.1. The average Bonchev–Trinajstić information content (AvgIpc) is 2.96. The summed E-state index contributed by atoms with van der Waals surface area (Å²) in [6.45, 7) is 11.0. The van der Waals surface area contributed by atoms with E-state index in [9.17, 15) is 9.59 Å². The van der Waals surface area contributed by atoms with Crippen molar-refractivity contribution in [3.8, 4) is 0 Å². The van der Waals surface area contributed by atoms with E-state index in [4.69, 9.17) is 0 Å². The van der Waals surface area contributed by atoms with Crippen LogP contribution in [0.4, 0.5) is 5.69 Å². The first-order chi connectivity index (χ1) is 13.3. The molecule has 0 radical (unpaired) electrons. The Morgan fingerprint density at radius 2 is 1.86 bits per heavy atom. The van der Waals surface area contributed by atoms with E-state index in [1.54, 1.807) is 0 Å². The molecule has 2 heterocycles. The number of likely N-dealkylation sites (tertiary alicyclic amines) is 1. The van der Waals surface area contributed by atoms with E-state index in [1.165, 1.54) is 12.5 Å². The summed E-state index contributed by atoms with van der Waals surface area (Å²) < 4.78 is 0. The van der Waals surface area contributed by atoms with Gasteiger partial charge in [-0.25, -0.2) is 0 Å². The molecule has 1 saturated heterocycles. The SMILES string of the molecule is CC(=O)c1[nH]c(C)c(C(=O)N2CCCC(Nc3ccc(C(C)C)cc3)C2)c1C. The van der Waals surface area contributed by atoms with E-state index >= 15 is 0 Å². The molecule has 0 spiro atoms. The first-order valence-electron chi connectivity index (χ1n) is 10.1. The minimum absolute atomic E-state index is 0.0143. The minimum atomic E-state index is -0.0392. The fourth-order valence-electron chi connectivity index (χ4n) is 4.06. The number of benzene rings is 1. The number of aromatic nitrogens is 1. The van der Waals surface area contributed by atoms with Gasteiger partial charge in [-0.3, -0.25) is 9.59 Å². The van der Waals surface area contributed by atoms with Crippen molar-refractivity contribution >= 4 is 17.4 Å². The molecule has 2 aromatic rings. The zero-order chi connectivity index (χ0) is 20.4. The number of hydrogen-bond donors (Lipinski definition) is 2. The molecule has 1 atom stereocenters. The van der Waals surface area contributed by atoms with Gasteiger partial charge < -0.3 is 15.2 Å². The molecule has 1 fully saturated rings. The van der Waals surface area contributed by atoms with Gasteiger partial charge in [0.15, 0.2) is 5.78 Å². The third kappa shape index (κ3) is 4.13. The Morgan fingerprint density at radius 1 is 1.18 bits per heavy atom. The van der Waals surface area contributed by atoms with Gasteiger partial charge in [0.2, 0.25) is 0 Å². The van der Waals surface area contributed by atoms with Crippen LogP contribution >= 0.6 is 0 Å². The Bertz CT molecular complexity index is 865. The number of aromatic amines is 1. The molecule has 3 rings (SSSR count). The van der Waals surface area contributed by atoms with Crippen LogP contribution in [-0.4, -0.2) is 40.7 Å². The van der Waals surface area contributed by atoms with Gasteiger partial charge >= 0.3 is 0 Å². The Hall–Kier alpha value is -2.56. The number of nitrogens with zero attached hydrogens (tertiary/aromatic N) is 1. The zero-order valence-electron chi connectivity index (χ0n) is 17.6.